The molecule has 0 aromatic heterocycles. The Balaban J connectivity index is 3.33. The average molecular weight is 190 g/mol. The second kappa shape index (κ2) is 9.92. The van der Waals surface area contributed by atoms with Gasteiger partial charge in [0.05, 0.1) is 13.2 Å². The molecule has 4 heteroatoms. The van der Waals surface area contributed by atoms with Crippen molar-refractivity contribution in [2.24, 2.45) is 0 Å². The number of hydrogen-bond acceptors (Lipinski definition) is 4. The van der Waals surface area contributed by atoms with Gasteiger partial charge in [-0.15, -0.1) is 0 Å². The van der Waals surface area contributed by atoms with E-state index < -0.39 is 0 Å². The van der Waals surface area contributed by atoms with Gasteiger partial charge < -0.3 is 15.5 Å². The number of rotatable bonds is 9. The summed E-state index contributed by atoms with van der Waals surface area (Å²) in [5.41, 5.74) is 0. The summed E-state index contributed by atoms with van der Waals surface area (Å²) in [5.74, 6) is 0. The SMILES string of the molecule is CCCN(CCO)CCNCCO. The maximum absolute atomic E-state index is 8.76. The van der Waals surface area contributed by atoms with Gasteiger partial charge in [0.2, 0.25) is 0 Å². The number of nitrogens with one attached hydrogen (secondary N) is 1. The first-order valence-electron chi connectivity index (χ1n) is 5.00. The van der Waals surface area contributed by atoms with E-state index >= 15 is 0 Å². The molecular weight excluding hydrogens is 168 g/mol. The Hall–Kier alpha value is -0.160. The molecule has 0 aliphatic heterocycles. The quantitative estimate of drug-likeness (QED) is 0.420. The highest BCUT2D eigenvalue weighted by molar-refractivity contribution is 4.58. The van der Waals surface area contributed by atoms with Crippen LogP contribution >= 0.6 is 0 Å². The van der Waals surface area contributed by atoms with Crippen molar-refractivity contribution in [1.82, 2.24) is 10.2 Å². The van der Waals surface area contributed by atoms with E-state index in [0.29, 0.717) is 6.54 Å². The predicted octanol–water partition coefficient (Wildman–Crippen LogP) is -0.727. The third-order valence-electron chi connectivity index (χ3n) is 1.85. The van der Waals surface area contributed by atoms with Crippen LogP contribution in [0.4, 0.5) is 0 Å². The molecule has 13 heavy (non-hydrogen) atoms. The summed E-state index contributed by atoms with van der Waals surface area (Å²) in [6.45, 7) is 6.78. The molecule has 0 unspecified atom stereocenters. The van der Waals surface area contributed by atoms with E-state index in [0.717, 1.165) is 32.6 Å². The molecule has 0 spiro atoms. The molecule has 0 amide bonds. The van der Waals surface area contributed by atoms with E-state index in [9.17, 15) is 0 Å². The van der Waals surface area contributed by atoms with Gasteiger partial charge in [0.1, 0.15) is 0 Å². The van der Waals surface area contributed by atoms with Crippen molar-refractivity contribution in [1.29, 1.82) is 0 Å². The fourth-order valence-corrected chi connectivity index (χ4v) is 1.23. The van der Waals surface area contributed by atoms with Crippen molar-refractivity contribution < 1.29 is 10.2 Å². The van der Waals surface area contributed by atoms with Gasteiger partial charge in [0, 0.05) is 26.2 Å². The molecule has 0 aromatic carbocycles. The van der Waals surface area contributed by atoms with Crippen LogP contribution in [0, 0.1) is 0 Å². The zero-order valence-electron chi connectivity index (χ0n) is 8.50. The molecule has 0 rings (SSSR count). The zero-order chi connectivity index (χ0) is 9.94. The van der Waals surface area contributed by atoms with Gasteiger partial charge in [0.25, 0.3) is 0 Å². The van der Waals surface area contributed by atoms with Crippen LogP contribution in [-0.4, -0.2) is 61.1 Å². The minimum absolute atomic E-state index is 0.188. The van der Waals surface area contributed by atoms with Crippen LogP contribution in [-0.2, 0) is 0 Å². The largest absolute Gasteiger partial charge is 0.395 e. The van der Waals surface area contributed by atoms with E-state index in [2.05, 4.69) is 17.1 Å². The van der Waals surface area contributed by atoms with Gasteiger partial charge in [-0.1, -0.05) is 6.92 Å². The number of aliphatic hydroxyl groups excluding tert-OH is 2. The van der Waals surface area contributed by atoms with Crippen LogP contribution in [0.15, 0.2) is 0 Å². The van der Waals surface area contributed by atoms with Crippen LogP contribution in [0.25, 0.3) is 0 Å². The van der Waals surface area contributed by atoms with E-state index in [1.807, 2.05) is 0 Å². The first-order valence-corrected chi connectivity index (χ1v) is 5.00. The summed E-state index contributed by atoms with van der Waals surface area (Å²) >= 11 is 0. The third-order valence-corrected chi connectivity index (χ3v) is 1.85. The van der Waals surface area contributed by atoms with Crippen molar-refractivity contribution >= 4 is 0 Å². The highest BCUT2D eigenvalue weighted by Crippen LogP contribution is 1.88. The van der Waals surface area contributed by atoms with Crippen LogP contribution in [0.2, 0.25) is 0 Å². The van der Waals surface area contributed by atoms with E-state index in [1.54, 1.807) is 0 Å². The van der Waals surface area contributed by atoms with Crippen LogP contribution < -0.4 is 5.32 Å². The predicted molar refractivity (Wildman–Crippen MR) is 53.8 cm³/mol. The summed E-state index contributed by atoms with van der Waals surface area (Å²) in [7, 11) is 0. The summed E-state index contributed by atoms with van der Waals surface area (Å²) in [5, 5.41) is 20.4. The summed E-state index contributed by atoms with van der Waals surface area (Å²) in [4.78, 5) is 2.21. The minimum atomic E-state index is 0.188. The number of hydrogen-bond donors (Lipinski definition) is 3. The summed E-state index contributed by atoms with van der Waals surface area (Å²) in [6.07, 6.45) is 1.11. The van der Waals surface area contributed by atoms with Gasteiger partial charge >= 0.3 is 0 Å². The maximum Gasteiger partial charge on any atom is 0.0558 e. The topological polar surface area (TPSA) is 55.7 Å². The van der Waals surface area contributed by atoms with Crippen LogP contribution in [0.1, 0.15) is 13.3 Å². The molecule has 0 aliphatic rings. The van der Waals surface area contributed by atoms with Gasteiger partial charge in [-0.05, 0) is 13.0 Å². The Kier molecular flexibility index (Phi) is 9.80. The zero-order valence-corrected chi connectivity index (χ0v) is 8.50. The van der Waals surface area contributed by atoms with E-state index in [1.165, 1.54) is 0 Å². The molecule has 3 N–H and O–H groups in total. The third kappa shape index (κ3) is 8.18. The van der Waals surface area contributed by atoms with E-state index in [4.69, 9.17) is 10.2 Å². The fraction of sp³-hybridized carbons (Fsp3) is 1.00. The van der Waals surface area contributed by atoms with Gasteiger partial charge in [-0.25, -0.2) is 0 Å². The molecule has 0 saturated carbocycles. The second-order valence-corrected chi connectivity index (χ2v) is 3.04. The van der Waals surface area contributed by atoms with Gasteiger partial charge in [-0.2, -0.15) is 0 Å². The van der Waals surface area contributed by atoms with Crippen molar-refractivity contribution in [3.63, 3.8) is 0 Å². The molecule has 0 saturated heterocycles. The Morgan fingerprint density at radius 1 is 1.00 bits per heavy atom. The Labute approximate surface area is 80.6 Å². The molecular formula is C9H22N2O2. The monoisotopic (exact) mass is 190 g/mol. The lowest BCUT2D eigenvalue weighted by atomic mass is 10.4. The van der Waals surface area contributed by atoms with Crippen molar-refractivity contribution in [2.45, 2.75) is 13.3 Å². The van der Waals surface area contributed by atoms with Crippen molar-refractivity contribution in [3.05, 3.63) is 0 Å². The molecule has 0 fully saturated rings. The lowest BCUT2D eigenvalue weighted by molar-refractivity contribution is 0.194. The molecule has 80 valence electrons. The Morgan fingerprint density at radius 3 is 2.31 bits per heavy atom. The summed E-state index contributed by atoms with van der Waals surface area (Å²) < 4.78 is 0. The standard InChI is InChI=1S/C9H22N2O2/c1-2-5-11(7-9-13)6-3-10-4-8-12/h10,12-13H,2-9H2,1H3. The lowest BCUT2D eigenvalue weighted by Crippen LogP contribution is -2.35. The number of nitrogens with zero attached hydrogens (tertiary/aromatic N) is 1. The summed E-state index contributed by atoms with van der Waals surface area (Å²) in [6, 6.07) is 0. The smallest absolute Gasteiger partial charge is 0.0558 e. The molecule has 0 bridgehead atoms. The lowest BCUT2D eigenvalue weighted by Gasteiger charge is -2.20. The van der Waals surface area contributed by atoms with Crippen LogP contribution in [0.3, 0.4) is 0 Å². The average Bonchev–Trinajstić information content (AvgIpc) is 2.13. The molecule has 0 aliphatic carbocycles. The van der Waals surface area contributed by atoms with Crippen molar-refractivity contribution in [3.8, 4) is 0 Å². The normalized spacial score (nSPS) is 11.1. The van der Waals surface area contributed by atoms with Gasteiger partial charge in [0.15, 0.2) is 0 Å². The van der Waals surface area contributed by atoms with Crippen LogP contribution in [0.5, 0.6) is 0 Å². The highest BCUT2D eigenvalue weighted by atomic mass is 16.3. The Morgan fingerprint density at radius 2 is 1.77 bits per heavy atom. The molecule has 0 heterocycles. The first-order chi connectivity index (χ1) is 6.35. The first kappa shape index (κ1) is 12.8. The van der Waals surface area contributed by atoms with E-state index in [-0.39, 0.29) is 13.2 Å². The van der Waals surface area contributed by atoms with Crippen molar-refractivity contribution in [2.75, 3.05) is 45.9 Å². The maximum atomic E-state index is 8.76. The number of aliphatic hydroxyl groups is 2. The minimum Gasteiger partial charge on any atom is -0.395 e. The highest BCUT2D eigenvalue weighted by Gasteiger charge is 2.00. The fourth-order valence-electron chi connectivity index (χ4n) is 1.23. The molecule has 0 radical (unpaired) electrons. The Bertz CT molecular complexity index is 95.6. The van der Waals surface area contributed by atoms with Gasteiger partial charge in [-0.3, -0.25) is 4.90 Å². The molecule has 4 nitrogen and oxygen atoms in total. The molecule has 0 aromatic rings. The molecule has 0 atom stereocenters. The second-order valence-electron chi connectivity index (χ2n) is 3.04.